The van der Waals surface area contributed by atoms with Crippen LogP contribution >= 0.6 is 0 Å². The van der Waals surface area contributed by atoms with Crippen molar-refractivity contribution in [1.29, 1.82) is 0 Å². The summed E-state index contributed by atoms with van der Waals surface area (Å²) in [5, 5.41) is 14.1. The Balaban J connectivity index is 2.59. The molecule has 0 bridgehead atoms. The van der Waals surface area contributed by atoms with Gasteiger partial charge in [0.15, 0.2) is 0 Å². The van der Waals surface area contributed by atoms with E-state index in [2.05, 4.69) is 20.8 Å². The molecule has 0 unspecified atom stereocenters. The Labute approximate surface area is 131 Å². The molecular formula is C17H24N2O3. The molecule has 1 heterocycles. The Morgan fingerprint density at radius 2 is 1.73 bits per heavy atom. The molecule has 1 N–H and O–H groups in total. The number of aromatic nitrogens is 2. The molecule has 0 aliphatic rings. The van der Waals surface area contributed by atoms with Crippen molar-refractivity contribution in [3.63, 3.8) is 0 Å². The molecular weight excluding hydrogens is 280 g/mol. The fourth-order valence-electron chi connectivity index (χ4n) is 2.48. The first-order valence-corrected chi connectivity index (χ1v) is 7.34. The molecule has 0 spiro atoms. The monoisotopic (exact) mass is 304 g/mol. The van der Waals surface area contributed by atoms with Gasteiger partial charge < -0.3 is 14.6 Å². The van der Waals surface area contributed by atoms with E-state index < -0.39 is 0 Å². The third-order valence-corrected chi connectivity index (χ3v) is 3.52. The minimum Gasteiger partial charge on any atom is -0.497 e. The first-order valence-electron chi connectivity index (χ1n) is 7.34. The van der Waals surface area contributed by atoms with Crippen molar-refractivity contribution in [3.8, 4) is 17.3 Å². The van der Waals surface area contributed by atoms with Crippen molar-refractivity contribution in [2.75, 3.05) is 20.8 Å². The standard InChI is InChI=1S/C17H24N2O3/c1-17(2,3)15-14(10-11-20)16(22-5)19(18-15)12-6-8-13(21-4)9-7-12/h6-9,20H,10-11H2,1-5H3. The molecule has 0 radical (unpaired) electrons. The molecule has 0 aliphatic heterocycles. The normalized spacial score (nSPS) is 11.5. The Bertz CT molecular complexity index is 625. The van der Waals surface area contributed by atoms with Gasteiger partial charge in [0.05, 0.1) is 25.6 Å². The molecule has 5 heteroatoms. The smallest absolute Gasteiger partial charge is 0.220 e. The lowest BCUT2D eigenvalue weighted by Gasteiger charge is -2.17. The molecule has 2 aromatic rings. The lowest BCUT2D eigenvalue weighted by Crippen LogP contribution is -2.15. The summed E-state index contributed by atoms with van der Waals surface area (Å²) < 4.78 is 12.5. The summed E-state index contributed by atoms with van der Waals surface area (Å²) in [6.45, 7) is 6.38. The zero-order valence-electron chi connectivity index (χ0n) is 13.9. The van der Waals surface area contributed by atoms with Gasteiger partial charge in [-0.1, -0.05) is 20.8 Å². The average Bonchev–Trinajstić information content (AvgIpc) is 2.86. The van der Waals surface area contributed by atoms with Gasteiger partial charge in [-0.25, -0.2) is 4.68 Å². The van der Waals surface area contributed by atoms with E-state index in [1.54, 1.807) is 18.9 Å². The summed E-state index contributed by atoms with van der Waals surface area (Å²) >= 11 is 0. The highest BCUT2D eigenvalue weighted by atomic mass is 16.5. The van der Waals surface area contributed by atoms with Crippen LogP contribution in [-0.2, 0) is 11.8 Å². The Kier molecular flexibility index (Phi) is 4.76. The van der Waals surface area contributed by atoms with E-state index in [0.717, 1.165) is 22.7 Å². The zero-order chi connectivity index (χ0) is 16.3. The van der Waals surface area contributed by atoms with Gasteiger partial charge in [0.2, 0.25) is 5.88 Å². The van der Waals surface area contributed by atoms with Crippen LogP contribution < -0.4 is 9.47 Å². The van der Waals surface area contributed by atoms with Crippen molar-refractivity contribution in [1.82, 2.24) is 9.78 Å². The molecule has 0 saturated heterocycles. The van der Waals surface area contributed by atoms with Crippen molar-refractivity contribution in [2.24, 2.45) is 0 Å². The molecule has 22 heavy (non-hydrogen) atoms. The van der Waals surface area contributed by atoms with Crippen LogP contribution in [0.5, 0.6) is 11.6 Å². The third-order valence-electron chi connectivity index (χ3n) is 3.52. The summed E-state index contributed by atoms with van der Waals surface area (Å²) in [5.74, 6) is 1.46. The predicted octanol–water partition coefficient (Wildman–Crippen LogP) is 2.72. The molecule has 2 rings (SSSR count). The number of aliphatic hydroxyl groups excluding tert-OH is 1. The fraction of sp³-hybridized carbons (Fsp3) is 0.471. The van der Waals surface area contributed by atoms with E-state index in [1.807, 2.05) is 24.3 Å². The molecule has 1 aromatic heterocycles. The number of hydrogen-bond acceptors (Lipinski definition) is 4. The van der Waals surface area contributed by atoms with E-state index >= 15 is 0 Å². The van der Waals surface area contributed by atoms with Gasteiger partial charge in [0.1, 0.15) is 5.75 Å². The second-order valence-corrected chi connectivity index (χ2v) is 6.17. The van der Waals surface area contributed by atoms with Crippen LogP contribution in [0, 0.1) is 0 Å². The lowest BCUT2D eigenvalue weighted by molar-refractivity contribution is 0.295. The summed E-state index contributed by atoms with van der Waals surface area (Å²) in [5.41, 5.74) is 2.66. The van der Waals surface area contributed by atoms with Crippen molar-refractivity contribution in [2.45, 2.75) is 32.6 Å². The quantitative estimate of drug-likeness (QED) is 0.923. The highest BCUT2D eigenvalue weighted by Crippen LogP contribution is 2.33. The molecule has 0 saturated carbocycles. The number of methoxy groups -OCH3 is 2. The van der Waals surface area contributed by atoms with Gasteiger partial charge in [-0.05, 0) is 24.3 Å². The second-order valence-electron chi connectivity index (χ2n) is 6.17. The fourth-order valence-corrected chi connectivity index (χ4v) is 2.48. The molecule has 0 atom stereocenters. The molecule has 120 valence electrons. The summed E-state index contributed by atoms with van der Waals surface area (Å²) in [6.07, 6.45) is 0.520. The highest BCUT2D eigenvalue weighted by Gasteiger charge is 2.27. The maximum atomic E-state index is 9.37. The van der Waals surface area contributed by atoms with Crippen LogP contribution in [-0.4, -0.2) is 35.7 Å². The lowest BCUT2D eigenvalue weighted by atomic mass is 9.88. The number of rotatable bonds is 5. The van der Waals surface area contributed by atoms with Gasteiger partial charge in [-0.3, -0.25) is 0 Å². The third kappa shape index (κ3) is 3.09. The SMILES string of the molecule is COc1ccc(-n2nc(C(C)(C)C)c(CCO)c2OC)cc1. The van der Waals surface area contributed by atoms with Crippen LogP contribution in [0.15, 0.2) is 24.3 Å². The summed E-state index contributed by atoms with van der Waals surface area (Å²) in [7, 11) is 3.27. The highest BCUT2D eigenvalue weighted by molar-refractivity contribution is 5.45. The number of ether oxygens (including phenoxy) is 2. The number of nitrogens with zero attached hydrogens (tertiary/aromatic N) is 2. The summed E-state index contributed by atoms with van der Waals surface area (Å²) in [4.78, 5) is 0. The Hall–Kier alpha value is -2.01. The molecule has 1 aromatic carbocycles. The van der Waals surface area contributed by atoms with Crippen LogP contribution in [0.25, 0.3) is 5.69 Å². The predicted molar refractivity (Wildman–Crippen MR) is 86.2 cm³/mol. The first kappa shape index (κ1) is 16.4. The largest absolute Gasteiger partial charge is 0.497 e. The maximum Gasteiger partial charge on any atom is 0.220 e. The Morgan fingerprint density at radius 1 is 1.09 bits per heavy atom. The van der Waals surface area contributed by atoms with Crippen LogP contribution in [0.2, 0.25) is 0 Å². The molecule has 0 aliphatic carbocycles. The number of hydrogen-bond donors (Lipinski definition) is 1. The van der Waals surface area contributed by atoms with Crippen molar-refractivity contribution >= 4 is 0 Å². The van der Waals surface area contributed by atoms with E-state index in [-0.39, 0.29) is 12.0 Å². The number of benzene rings is 1. The van der Waals surface area contributed by atoms with E-state index in [1.165, 1.54) is 0 Å². The van der Waals surface area contributed by atoms with Crippen molar-refractivity contribution < 1.29 is 14.6 Å². The van der Waals surface area contributed by atoms with Crippen LogP contribution in [0.3, 0.4) is 0 Å². The number of aliphatic hydroxyl groups is 1. The van der Waals surface area contributed by atoms with Gasteiger partial charge >= 0.3 is 0 Å². The topological polar surface area (TPSA) is 56.5 Å². The van der Waals surface area contributed by atoms with Crippen LogP contribution in [0.4, 0.5) is 0 Å². The van der Waals surface area contributed by atoms with Crippen molar-refractivity contribution in [3.05, 3.63) is 35.5 Å². The molecule has 5 nitrogen and oxygen atoms in total. The van der Waals surface area contributed by atoms with E-state index in [9.17, 15) is 5.11 Å². The minimum absolute atomic E-state index is 0.0632. The van der Waals surface area contributed by atoms with Gasteiger partial charge in [-0.2, -0.15) is 5.10 Å². The van der Waals surface area contributed by atoms with E-state index in [0.29, 0.717) is 12.3 Å². The van der Waals surface area contributed by atoms with Gasteiger partial charge in [0, 0.05) is 24.0 Å². The zero-order valence-corrected chi connectivity index (χ0v) is 13.9. The minimum atomic E-state index is -0.129. The van der Waals surface area contributed by atoms with Gasteiger partial charge in [-0.15, -0.1) is 0 Å². The van der Waals surface area contributed by atoms with E-state index in [4.69, 9.17) is 14.6 Å². The Morgan fingerprint density at radius 3 is 2.18 bits per heavy atom. The second kappa shape index (κ2) is 6.40. The molecule has 0 fully saturated rings. The van der Waals surface area contributed by atoms with Crippen LogP contribution in [0.1, 0.15) is 32.0 Å². The maximum absolute atomic E-state index is 9.37. The summed E-state index contributed by atoms with van der Waals surface area (Å²) in [6, 6.07) is 7.64. The average molecular weight is 304 g/mol. The van der Waals surface area contributed by atoms with Gasteiger partial charge in [0.25, 0.3) is 0 Å². The molecule has 0 amide bonds. The first-order chi connectivity index (χ1) is 10.4.